The molecule has 0 fully saturated rings. The van der Waals surface area contributed by atoms with Crippen LogP contribution in [0.3, 0.4) is 0 Å². The second-order valence-corrected chi connectivity index (χ2v) is 9.93. The van der Waals surface area contributed by atoms with E-state index in [4.69, 9.17) is 0 Å². The summed E-state index contributed by atoms with van der Waals surface area (Å²) >= 11 is 0. The van der Waals surface area contributed by atoms with Crippen LogP contribution in [0.4, 0.5) is 4.39 Å². The van der Waals surface area contributed by atoms with E-state index in [0.717, 1.165) is 27.6 Å². The first-order chi connectivity index (χ1) is 15.7. The molecule has 4 rings (SSSR count). The van der Waals surface area contributed by atoms with Gasteiger partial charge in [0.2, 0.25) is 0 Å². The van der Waals surface area contributed by atoms with Crippen LogP contribution in [0.2, 0.25) is 0 Å². The Labute approximate surface area is 194 Å². The normalized spacial score (nSPS) is 11.9. The van der Waals surface area contributed by atoms with Gasteiger partial charge in [-0.15, -0.1) is 0 Å². The number of aromatic nitrogens is 1. The van der Waals surface area contributed by atoms with Gasteiger partial charge in [-0.1, -0.05) is 68.8 Å². The average molecular weight is 443 g/mol. The van der Waals surface area contributed by atoms with Crippen molar-refractivity contribution in [3.63, 3.8) is 0 Å². The first-order valence-corrected chi connectivity index (χ1v) is 11.4. The van der Waals surface area contributed by atoms with Crippen molar-refractivity contribution in [1.82, 2.24) is 9.88 Å². The van der Waals surface area contributed by atoms with E-state index in [1.165, 1.54) is 23.3 Å². The predicted octanol–water partition coefficient (Wildman–Crippen LogP) is 6.48. The summed E-state index contributed by atoms with van der Waals surface area (Å²) in [5, 5.41) is 1.03. The molecule has 0 unspecified atom stereocenters. The summed E-state index contributed by atoms with van der Waals surface area (Å²) in [6.07, 6.45) is 0. The molecule has 33 heavy (non-hydrogen) atoms. The molecule has 1 heterocycles. The number of nitrogens with zero attached hydrogens (tertiary/aromatic N) is 1. The fraction of sp³-hybridized carbons (Fsp3) is 0.276. The largest absolute Gasteiger partial charge is 0.322 e. The van der Waals surface area contributed by atoms with E-state index < -0.39 is 0 Å². The molecule has 0 aliphatic heterocycles. The van der Waals surface area contributed by atoms with Gasteiger partial charge in [0.1, 0.15) is 5.82 Å². The van der Waals surface area contributed by atoms with E-state index in [2.05, 4.69) is 61.0 Å². The van der Waals surface area contributed by atoms with Crippen LogP contribution in [0, 0.1) is 12.7 Å². The number of halogens is 1. The maximum Gasteiger partial charge on any atom is 0.252 e. The predicted molar refractivity (Wildman–Crippen MR) is 134 cm³/mol. The molecule has 1 aromatic heterocycles. The van der Waals surface area contributed by atoms with Crippen molar-refractivity contribution >= 4 is 10.9 Å². The molecule has 0 saturated heterocycles. The van der Waals surface area contributed by atoms with Gasteiger partial charge >= 0.3 is 0 Å². The van der Waals surface area contributed by atoms with Crippen LogP contribution in [0.25, 0.3) is 10.9 Å². The SMILES string of the molecule is Cc1ccc2[nH]c(=O)c(CN(Cc3ccc(F)cc3)Cc3ccc(C(C)(C)C)cc3)cc2c1. The number of hydrogen-bond acceptors (Lipinski definition) is 2. The highest BCUT2D eigenvalue weighted by Crippen LogP contribution is 2.23. The van der Waals surface area contributed by atoms with Gasteiger partial charge in [0.25, 0.3) is 5.56 Å². The monoisotopic (exact) mass is 442 g/mol. The maximum absolute atomic E-state index is 13.4. The molecule has 0 atom stereocenters. The van der Waals surface area contributed by atoms with Crippen LogP contribution >= 0.6 is 0 Å². The maximum atomic E-state index is 13.4. The van der Waals surface area contributed by atoms with Gasteiger partial charge in [0, 0.05) is 30.7 Å². The van der Waals surface area contributed by atoms with Crippen molar-refractivity contribution < 1.29 is 4.39 Å². The van der Waals surface area contributed by atoms with Gasteiger partial charge in [-0.2, -0.15) is 0 Å². The first-order valence-electron chi connectivity index (χ1n) is 11.4. The van der Waals surface area contributed by atoms with Crippen LogP contribution in [0.15, 0.2) is 77.6 Å². The molecule has 0 amide bonds. The number of fused-ring (bicyclic) bond motifs is 1. The number of benzene rings is 3. The zero-order chi connectivity index (χ0) is 23.6. The molecule has 4 aromatic rings. The molecule has 3 nitrogen and oxygen atoms in total. The van der Waals surface area contributed by atoms with E-state index in [1.54, 1.807) is 12.1 Å². The Hall–Kier alpha value is -3.24. The lowest BCUT2D eigenvalue weighted by atomic mass is 9.87. The van der Waals surface area contributed by atoms with E-state index in [-0.39, 0.29) is 16.8 Å². The molecule has 0 saturated carbocycles. The zero-order valence-corrected chi connectivity index (χ0v) is 19.8. The third-order valence-corrected chi connectivity index (χ3v) is 6.02. The summed E-state index contributed by atoms with van der Waals surface area (Å²) in [7, 11) is 0. The molecule has 0 spiro atoms. The molecule has 0 bridgehead atoms. The zero-order valence-electron chi connectivity index (χ0n) is 19.8. The Morgan fingerprint density at radius 3 is 2.03 bits per heavy atom. The van der Waals surface area contributed by atoms with E-state index in [1.807, 2.05) is 25.1 Å². The first kappa shape index (κ1) is 22.9. The molecule has 170 valence electrons. The van der Waals surface area contributed by atoms with Crippen molar-refractivity contribution in [3.05, 3.63) is 117 Å². The average Bonchev–Trinajstić information content (AvgIpc) is 2.76. The Morgan fingerprint density at radius 2 is 1.42 bits per heavy atom. The highest BCUT2D eigenvalue weighted by atomic mass is 19.1. The van der Waals surface area contributed by atoms with Gasteiger partial charge in [0.05, 0.1) is 0 Å². The number of pyridine rings is 1. The number of aromatic amines is 1. The van der Waals surface area contributed by atoms with Crippen molar-refractivity contribution in [2.45, 2.75) is 52.7 Å². The minimum Gasteiger partial charge on any atom is -0.322 e. The van der Waals surface area contributed by atoms with Crippen molar-refractivity contribution in [2.75, 3.05) is 0 Å². The summed E-state index contributed by atoms with van der Waals surface area (Å²) in [5.41, 5.74) is 6.23. The number of rotatable bonds is 6. The van der Waals surface area contributed by atoms with Crippen molar-refractivity contribution in [3.8, 4) is 0 Å². The van der Waals surface area contributed by atoms with Gasteiger partial charge < -0.3 is 4.98 Å². The van der Waals surface area contributed by atoms with Crippen LogP contribution < -0.4 is 5.56 Å². The highest BCUT2D eigenvalue weighted by molar-refractivity contribution is 5.79. The Balaban J connectivity index is 1.63. The second kappa shape index (κ2) is 9.32. The lowest BCUT2D eigenvalue weighted by Crippen LogP contribution is -2.26. The smallest absolute Gasteiger partial charge is 0.252 e. The number of hydrogen-bond donors (Lipinski definition) is 1. The number of H-pyrrole nitrogens is 1. The molecule has 3 aromatic carbocycles. The summed E-state index contributed by atoms with van der Waals surface area (Å²) in [4.78, 5) is 18.1. The third-order valence-electron chi connectivity index (χ3n) is 6.02. The minimum absolute atomic E-state index is 0.0708. The summed E-state index contributed by atoms with van der Waals surface area (Å²) < 4.78 is 13.4. The third kappa shape index (κ3) is 5.77. The second-order valence-electron chi connectivity index (χ2n) is 9.93. The topological polar surface area (TPSA) is 36.1 Å². The fourth-order valence-electron chi connectivity index (χ4n) is 4.11. The lowest BCUT2D eigenvalue weighted by Gasteiger charge is -2.24. The summed E-state index contributed by atoms with van der Waals surface area (Å²) in [6, 6.07) is 23.3. The van der Waals surface area contributed by atoms with Crippen LogP contribution in [-0.2, 0) is 25.0 Å². The lowest BCUT2D eigenvalue weighted by molar-refractivity contribution is 0.246. The van der Waals surface area contributed by atoms with E-state index in [0.29, 0.717) is 19.6 Å². The Bertz CT molecular complexity index is 1300. The Kier molecular flexibility index (Phi) is 6.48. The Morgan fingerprint density at radius 1 is 0.818 bits per heavy atom. The van der Waals surface area contributed by atoms with Crippen LogP contribution in [0.1, 0.15) is 48.6 Å². The fourth-order valence-corrected chi connectivity index (χ4v) is 4.11. The number of nitrogens with one attached hydrogen (secondary N) is 1. The van der Waals surface area contributed by atoms with Crippen molar-refractivity contribution in [1.29, 1.82) is 0 Å². The molecule has 0 aliphatic carbocycles. The molecule has 0 radical (unpaired) electrons. The van der Waals surface area contributed by atoms with Gasteiger partial charge in [-0.05, 0) is 64.7 Å². The van der Waals surface area contributed by atoms with Gasteiger partial charge in [-0.25, -0.2) is 4.39 Å². The van der Waals surface area contributed by atoms with Gasteiger partial charge in [-0.3, -0.25) is 9.69 Å². The molecule has 1 N–H and O–H groups in total. The summed E-state index contributed by atoms with van der Waals surface area (Å²) in [6.45, 7) is 10.5. The van der Waals surface area contributed by atoms with E-state index in [9.17, 15) is 9.18 Å². The van der Waals surface area contributed by atoms with Crippen molar-refractivity contribution in [2.24, 2.45) is 0 Å². The van der Waals surface area contributed by atoms with Gasteiger partial charge in [0.15, 0.2) is 0 Å². The minimum atomic E-state index is -0.246. The molecular weight excluding hydrogens is 411 g/mol. The number of aryl methyl sites for hydroxylation is 1. The quantitative estimate of drug-likeness (QED) is 0.371. The standard InChI is InChI=1S/C29H31FN2O/c1-20-5-14-27-23(15-20)16-24(28(33)31-27)19-32(18-22-8-12-26(30)13-9-22)17-21-6-10-25(11-7-21)29(2,3)4/h5-16H,17-19H2,1-4H3,(H,31,33). The van der Waals surface area contributed by atoms with E-state index >= 15 is 0 Å². The molecule has 4 heteroatoms. The van der Waals surface area contributed by atoms with Crippen LogP contribution in [-0.4, -0.2) is 9.88 Å². The van der Waals surface area contributed by atoms with Crippen LogP contribution in [0.5, 0.6) is 0 Å². The molecular formula is C29H31FN2O. The summed E-state index contributed by atoms with van der Waals surface area (Å²) in [5.74, 6) is -0.246. The molecule has 0 aliphatic rings. The highest BCUT2D eigenvalue weighted by Gasteiger charge is 2.15.